The van der Waals surface area contributed by atoms with Crippen LogP contribution in [-0.4, -0.2) is 27.1 Å². The van der Waals surface area contributed by atoms with Gasteiger partial charge in [-0.2, -0.15) is 0 Å². The van der Waals surface area contributed by atoms with Crippen molar-refractivity contribution in [3.05, 3.63) is 53.9 Å². The first kappa shape index (κ1) is 16.6. The summed E-state index contributed by atoms with van der Waals surface area (Å²) in [6.07, 6.45) is -0.210. The molecule has 3 rings (SSSR count). The van der Waals surface area contributed by atoms with Crippen LogP contribution in [0.1, 0.15) is 18.3 Å². The molecule has 2 heterocycles. The van der Waals surface area contributed by atoms with E-state index in [0.717, 1.165) is 11.4 Å². The van der Waals surface area contributed by atoms with E-state index in [1.165, 1.54) is 0 Å². The molecule has 0 saturated carbocycles. The van der Waals surface area contributed by atoms with E-state index in [0.29, 0.717) is 29.5 Å². The van der Waals surface area contributed by atoms with Crippen molar-refractivity contribution in [2.45, 2.75) is 20.3 Å². The van der Waals surface area contributed by atoms with E-state index in [1.54, 1.807) is 16.5 Å². The molecule has 0 unspecified atom stereocenters. The fraction of sp³-hybridized carbons (Fsp3) is 0.222. The average Bonchev–Trinajstić information content (AvgIpc) is 2.92. The van der Waals surface area contributed by atoms with Crippen LogP contribution in [0, 0.1) is 6.92 Å². The van der Waals surface area contributed by atoms with Crippen molar-refractivity contribution in [2.24, 2.45) is 10.2 Å². The summed E-state index contributed by atoms with van der Waals surface area (Å²) in [6.45, 7) is 4.43. The van der Waals surface area contributed by atoms with Gasteiger partial charge in [-0.25, -0.2) is 4.98 Å². The van der Waals surface area contributed by atoms with Crippen molar-refractivity contribution in [3.63, 3.8) is 0 Å². The highest BCUT2D eigenvalue weighted by Gasteiger charge is 2.16. The van der Waals surface area contributed by atoms with Crippen molar-refractivity contribution in [1.29, 1.82) is 0 Å². The van der Waals surface area contributed by atoms with E-state index in [-0.39, 0.29) is 6.42 Å². The van der Waals surface area contributed by atoms with Gasteiger partial charge in [0, 0.05) is 5.69 Å². The number of azo groups is 1. The summed E-state index contributed by atoms with van der Waals surface area (Å²) < 4.78 is 7.20. The number of carboxylic acid groups (broad SMARTS) is 1. The van der Waals surface area contributed by atoms with Crippen LogP contribution in [0.2, 0.25) is 0 Å². The number of aromatic nitrogens is 2. The van der Waals surface area contributed by atoms with Crippen molar-refractivity contribution >= 4 is 23.1 Å². The Labute approximate surface area is 144 Å². The van der Waals surface area contributed by atoms with Gasteiger partial charge in [-0.1, -0.05) is 6.07 Å². The minimum absolute atomic E-state index is 0.210. The molecule has 2 aromatic heterocycles. The number of hydrogen-bond donors (Lipinski definition) is 1. The summed E-state index contributed by atoms with van der Waals surface area (Å²) in [5.74, 6) is 0.238. The summed E-state index contributed by atoms with van der Waals surface area (Å²) >= 11 is 0. The summed E-state index contributed by atoms with van der Waals surface area (Å²) in [5.41, 5.74) is 2.59. The van der Waals surface area contributed by atoms with E-state index in [4.69, 9.17) is 9.84 Å². The predicted molar refractivity (Wildman–Crippen MR) is 93.1 cm³/mol. The number of benzene rings is 1. The van der Waals surface area contributed by atoms with Crippen LogP contribution in [0.5, 0.6) is 5.75 Å². The number of carboxylic acids is 1. The van der Waals surface area contributed by atoms with Crippen molar-refractivity contribution in [3.8, 4) is 5.75 Å². The second-order valence-electron chi connectivity index (χ2n) is 5.44. The van der Waals surface area contributed by atoms with Crippen LogP contribution in [0.4, 0.5) is 11.5 Å². The Balaban J connectivity index is 1.99. The molecule has 3 aromatic rings. The van der Waals surface area contributed by atoms with Crippen molar-refractivity contribution in [1.82, 2.24) is 9.38 Å². The summed E-state index contributed by atoms with van der Waals surface area (Å²) in [7, 11) is 0. The van der Waals surface area contributed by atoms with Crippen LogP contribution in [0.3, 0.4) is 0 Å². The lowest BCUT2D eigenvalue weighted by molar-refractivity contribution is -0.136. The van der Waals surface area contributed by atoms with Crippen molar-refractivity contribution < 1.29 is 14.6 Å². The highest BCUT2D eigenvalue weighted by molar-refractivity contribution is 5.72. The Morgan fingerprint density at radius 3 is 2.64 bits per heavy atom. The normalized spacial score (nSPS) is 11.3. The number of imidazole rings is 1. The zero-order valence-electron chi connectivity index (χ0n) is 14.0. The third-order valence-corrected chi connectivity index (χ3v) is 3.61. The van der Waals surface area contributed by atoms with Crippen molar-refractivity contribution in [2.75, 3.05) is 6.61 Å². The van der Waals surface area contributed by atoms with Gasteiger partial charge in [0.15, 0.2) is 5.82 Å². The van der Waals surface area contributed by atoms with Crippen LogP contribution >= 0.6 is 0 Å². The van der Waals surface area contributed by atoms with Gasteiger partial charge in [-0.15, -0.1) is 10.2 Å². The average molecular weight is 338 g/mol. The number of fused-ring (bicyclic) bond motifs is 1. The molecule has 1 aromatic carbocycles. The Morgan fingerprint density at radius 2 is 1.96 bits per heavy atom. The lowest BCUT2D eigenvalue weighted by atomic mass is 10.3. The molecular weight excluding hydrogens is 320 g/mol. The smallest absolute Gasteiger partial charge is 0.309 e. The Kier molecular flexibility index (Phi) is 4.74. The molecular formula is C18H18N4O3. The molecule has 7 heteroatoms. The monoisotopic (exact) mass is 338 g/mol. The summed E-state index contributed by atoms with van der Waals surface area (Å²) in [6, 6.07) is 12.8. The fourth-order valence-electron chi connectivity index (χ4n) is 2.53. The number of hydrogen-bond acceptors (Lipinski definition) is 5. The Morgan fingerprint density at radius 1 is 1.20 bits per heavy atom. The maximum absolute atomic E-state index is 11.1. The third kappa shape index (κ3) is 3.65. The molecule has 128 valence electrons. The van der Waals surface area contributed by atoms with Gasteiger partial charge < -0.3 is 9.84 Å². The molecule has 0 aliphatic carbocycles. The van der Waals surface area contributed by atoms with Crippen LogP contribution in [-0.2, 0) is 11.2 Å². The number of carbonyl (C=O) groups is 1. The Hall–Kier alpha value is -3.22. The maximum atomic E-state index is 11.1. The quantitative estimate of drug-likeness (QED) is 0.686. The molecule has 7 nitrogen and oxygen atoms in total. The number of aryl methyl sites for hydroxylation is 1. The van der Waals surface area contributed by atoms with E-state index < -0.39 is 5.97 Å². The lowest BCUT2D eigenvalue weighted by Crippen LogP contribution is -2.00. The molecule has 0 fully saturated rings. The molecule has 0 bridgehead atoms. The first-order valence-electron chi connectivity index (χ1n) is 7.92. The van der Waals surface area contributed by atoms with Crippen LogP contribution < -0.4 is 4.74 Å². The molecule has 0 radical (unpaired) electrons. The van der Waals surface area contributed by atoms with E-state index in [2.05, 4.69) is 15.2 Å². The van der Waals surface area contributed by atoms with Gasteiger partial charge in [-0.3, -0.25) is 9.20 Å². The van der Waals surface area contributed by atoms with Gasteiger partial charge in [0.25, 0.3) is 0 Å². The van der Waals surface area contributed by atoms with Gasteiger partial charge in [-0.05, 0) is 50.2 Å². The maximum Gasteiger partial charge on any atom is 0.309 e. The molecule has 0 aliphatic rings. The standard InChI is InChI=1S/C18H18N4O3/c1-3-25-14-9-7-13(8-10-14)20-21-18-15(11-17(23)24)19-16-6-4-5-12(2)22(16)18/h4-10H,3,11H2,1-2H3,(H,23,24). The second-order valence-corrected chi connectivity index (χ2v) is 5.44. The minimum atomic E-state index is -0.960. The zero-order valence-corrected chi connectivity index (χ0v) is 14.0. The van der Waals surface area contributed by atoms with E-state index in [9.17, 15) is 4.79 Å². The highest BCUT2D eigenvalue weighted by Crippen LogP contribution is 2.27. The molecule has 1 N–H and O–H groups in total. The van der Waals surface area contributed by atoms with Gasteiger partial charge in [0.2, 0.25) is 0 Å². The highest BCUT2D eigenvalue weighted by atomic mass is 16.5. The molecule has 0 aliphatic heterocycles. The fourth-order valence-corrected chi connectivity index (χ4v) is 2.53. The molecule has 0 saturated heterocycles. The second kappa shape index (κ2) is 7.12. The Bertz CT molecular complexity index is 929. The number of rotatable bonds is 6. The summed E-state index contributed by atoms with van der Waals surface area (Å²) in [4.78, 5) is 15.5. The number of ether oxygens (including phenoxy) is 1. The molecule has 0 amide bonds. The zero-order chi connectivity index (χ0) is 17.8. The van der Waals surface area contributed by atoms with Gasteiger partial charge in [0.05, 0.1) is 24.4 Å². The third-order valence-electron chi connectivity index (χ3n) is 3.61. The van der Waals surface area contributed by atoms with Crippen LogP contribution in [0.15, 0.2) is 52.7 Å². The SMILES string of the molecule is CCOc1ccc(N=Nc2c(CC(=O)O)nc3cccc(C)n23)cc1. The van der Waals surface area contributed by atoms with Gasteiger partial charge in [0.1, 0.15) is 11.4 Å². The topological polar surface area (TPSA) is 88.5 Å². The minimum Gasteiger partial charge on any atom is -0.494 e. The van der Waals surface area contributed by atoms with E-state index in [1.807, 2.05) is 44.2 Å². The van der Waals surface area contributed by atoms with Gasteiger partial charge >= 0.3 is 5.97 Å². The molecule has 0 atom stereocenters. The largest absolute Gasteiger partial charge is 0.494 e. The molecule has 25 heavy (non-hydrogen) atoms. The lowest BCUT2D eigenvalue weighted by Gasteiger charge is -2.03. The first-order valence-corrected chi connectivity index (χ1v) is 7.92. The predicted octanol–water partition coefficient (Wildman–Crippen LogP) is 4.08. The van der Waals surface area contributed by atoms with E-state index >= 15 is 0 Å². The molecule has 0 spiro atoms. The summed E-state index contributed by atoms with van der Waals surface area (Å²) in [5, 5.41) is 17.6. The number of pyridine rings is 1. The number of aliphatic carboxylic acids is 1. The first-order chi connectivity index (χ1) is 12.1. The number of nitrogens with zero attached hydrogens (tertiary/aromatic N) is 4. The van der Waals surface area contributed by atoms with Crippen LogP contribution in [0.25, 0.3) is 5.65 Å².